The van der Waals surface area contributed by atoms with E-state index < -0.39 is 17.6 Å². The van der Waals surface area contributed by atoms with Crippen LogP contribution in [-0.4, -0.2) is 0 Å². The van der Waals surface area contributed by atoms with Crippen molar-refractivity contribution in [2.45, 2.75) is 19.3 Å². The van der Waals surface area contributed by atoms with Gasteiger partial charge in [-0.2, -0.15) is 13.2 Å². The van der Waals surface area contributed by atoms with Gasteiger partial charge in [-0.05, 0) is 39.7 Å². The number of alkyl halides is 3. The van der Waals surface area contributed by atoms with Crippen molar-refractivity contribution >= 4 is 27.3 Å². The lowest BCUT2D eigenvalue weighted by Gasteiger charge is -2.10. The average molecular weight is 368 g/mol. The molecule has 0 aliphatic carbocycles. The predicted molar refractivity (Wildman–Crippen MR) is 74.0 cm³/mol. The van der Waals surface area contributed by atoms with Crippen LogP contribution in [0.1, 0.15) is 16.0 Å². The summed E-state index contributed by atoms with van der Waals surface area (Å²) in [5, 5.41) is 4.96. The van der Waals surface area contributed by atoms with E-state index in [1.807, 2.05) is 11.4 Å². The monoisotopic (exact) mass is 367 g/mol. The molecule has 0 spiro atoms. The van der Waals surface area contributed by atoms with Gasteiger partial charge < -0.3 is 5.32 Å². The van der Waals surface area contributed by atoms with E-state index in [4.69, 9.17) is 0 Å². The number of nitrogens with one attached hydrogen (secondary N) is 1. The van der Waals surface area contributed by atoms with Gasteiger partial charge in [0.25, 0.3) is 0 Å². The maximum absolute atomic E-state index is 13.1. The Hall–Kier alpha value is -0.920. The molecule has 1 N–H and O–H groups in total. The summed E-state index contributed by atoms with van der Waals surface area (Å²) >= 11 is 4.87. The van der Waals surface area contributed by atoms with Gasteiger partial charge in [-0.3, -0.25) is 0 Å². The summed E-state index contributed by atoms with van der Waals surface area (Å²) in [6.45, 7) is 0.799. The summed E-state index contributed by atoms with van der Waals surface area (Å²) in [6, 6.07) is 4.97. The third kappa shape index (κ3) is 4.04. The molecule has 1 heterocycles. The minimum atomic E-state index is -4.67. The second-order valence-electron chi connectivity index (χ2n) is 4.15. The number of hydrogen-bond acceptors (Lipinski definition) is 2. The summed E-state index contributed by atoms with van der Waals surface area (Å²) in [5.74, 6) is -1.25. The van der Waals surface area contributed by atoms with Crippen LogP contribution >= 0.6 is 27.3 Å². The Labute approximate surface area is 125 Å². The van der Waals surface area contributed by atoms with Gasteiger partial charge >= 0.3 is 6.18 Å². The molecule has 1 nitrogen and oxygen atoms in total. The first-order valence-electron chi connectivity index (χ1n) is 5.65. The van der Waals surface area contributed by atoms with E-state index in [1.165, 1.54) is 6.07 Å². The van der Waals surface area contributed by atoms with Crippen LogP contribution in [0.2, 0.25) is 0 Å². The van der Waals surface area contributed by atoms with Gasteiger partial charge in [0.05, 0.1) is 5.56 Å². The van der Waals surface area contributed by atoms with E-state index in [2.05, 4.69) is 21.2 Å². The van der Waals surface area contributed by atoms with Crippen molar-refractivity contribution in [3.63, 3.8) is 0 Å². The molecule has 0 saturated carbocycles. The Morgan fingerprint density at radius 3 is 2.50 bits per heavy atom. The van der Waals surface area contributed by atoms with Gasteiger partial charge in [0.1, 0.15) is 5.82 Å². The summed E-state index contributed by atoms with van der Waals surface area (Å²) in [5.41, 5.74) is -0.829. The molecule has 0 amide bonds. The third-order valence-corrected chi connectivity index (χ3v) is 4.28. The zero-order valence-corrected chi connectivity index (χ0v) is 12.5. The van der Waals surface area contributed by atoms with Crippen LogP contribution in [0.3, 0.4) is 0 Å². The summed E-state index contributed by atoms with van der Waals surface area (Å²) < 4.78 is 51.7. The van der Waals surface area contributed by atoms with Crippen molar-refractivity contribution in [1.29, 1.82) is 0 Å². The molecule has 0 unspecified atom stereocenters. The summed E-state index contributed by atoms with van der Waals surface area (Å²) in [4.78, 5) is 1.06. The van der Waals surface area contributed by atoms with Crippen LogP contribution in [0.4, 0.5) is 17.6 Å². The normalized spacial score (nSPS) is 11.8. The molecule has 1 aromatic carbocycles. The first kappa shape index (κ1) is 15.5. The number of rotatable bonds is 4. The third-order valence-electron chi connectivity index (χ3n) is 2.59. The molecule has 2 aromatic rings. The smallest absolute Gasteiger partial charge is 0.308 e. The zero-order valence-electron chi connectivity index (χ0n) is 10.1. The van der Waals surface area contributed by atoms with Crippen molar-refractivity contribution in [2.75, 3.05) is 0 Å². The van der Waals surface area contributed by atoms with Gasteiger partial charge in [0.15, 0.2) is 0 Å². The molecular formula is C13H10BrF4NS. The molecule has 108 valence electrons. The highest BCUT2D eigenvalue weighted by molar-refractivity contribution is 9.10. The van der Waals surface area contributed by atoms with Gasteiger partial charge in [-0.1, -0.05) is 6.07 Å². The van der Waals surface area contributed by atoms with E-state index in [-0.39, 0.29) is 6.54 Å². The minimum Gasteiger partial charge on any atom is -0.308 e. The van der Waals surface area contributed by atoms with Crippen molar-refractivity contribution in [3.05, 3.63) is 55.9 Å². The fourth-order valence-corrected chi connectivity index (χ4v) is 3.10. The molecule has 0 saturated heterocycles. The second kappa shape index (κ2) is 6.24. The maximum Gasteiger partial charge on any atom is 0.419 e. The largest absolute Gasteiger partial charge is 0.419 e. The van der Waals surface area contributed by atoms with E-state index in [1.54, 1.807) is 11.3 Å². The highest BCUT2D eigenvalue weighted by Gasteiger charge is 2.34. The Balaban J connectivity index is 2.00. The Kier molecular flexibility index (Phi) is 4.82. The fourth-order valence-electron chi connectivity index (χ4n) is 1.68. The zero-order chi connectivity index (χ0) is 14.8. The van der Waals surface area contributed by atoms with Crippen molar-refractivity contribution in [1.82, 2.24) is 5.32 Å². The van der Waals surface area contributed by atoms with Crippen molar-refractivity contribution < 1.29 is 17.6 Å². The fraction of sp³-hybridized carbons (Fsp3) is 0.231. The standard InChI is InChI=1S/C13H10BrF4NS/c14-9-4-10(20-7-9)6-19-5-8-1-2-12(15)11(3-8)13(16,17)18/h1-4,7,19H,5-6H2. The number of hydrogen-bond donors (Lipinski definition) is 1. The number of thiophene rings is 1. The van der Waals surface area contributed by atoms with Gasteiger partial charge in [-0.15, -0.1) is 11.3 Å². The summed E-state index contributed by atoms with van der Waals surface area (Å²) in [6.07, 6.45) is -4.67. The lowest BCUT2D eigenvalue weighted by molar-refractivity contribution is -0.140. The van der Waals surface area contributed by atoms with Gasteiger partial charge in [0, 0.05) is 27.8 Å². The molecule has 1 aromatic heterocycles. The first-order valence-corrected chi connectivity index (χ1v) is 7.33. The molecule has 7 heteroatoms. The van der Waals surface area contributed by atoms with Gasteiger partial charge in [-0.25, -0.2) is 4.39 Å². The quantitative estimate of drug-likeness (QED) is 0.753. The van der Waals surface area contributed by atoms with Crippen molar-refractivity contribution in [3.8, 4) is 0 Å². The van der Waals surface area contributed by atoms with Crippen LogP contribution in [-0.2, 0) is 19.3 Å². The molecular weight excluding hydrogens is 358 g/mol. The second-order valence-corrected chi connectivity index (χ2v) is 6.06. The van der Waals surface area contributed by atoms with Crippen LogP contribution in [0, 0.1) is 5.82 Å². The van der Waals surface area contributed by atoms with Gasteiger partial charge in [0.2, 0.25) is 0 Å². The highest BCUT2D eigenvalue weighted by Crippen LogP contribution is 2.31. The molecule has 2 rings (SSSR count). The van der Waals surface area contributed by atoms with E-state index in [9.17, 15) is 17.6 Å². The first-order chi connectivity index (χ1) is 9.36. The van der Waals surface area contributed by atoms with Crippen LogP contribution < -0.4 is 5.32 Å². The molecule has 20 heavy (non-hydrogen) atoms. The van der Waals surface area contributed by atoms with E-state index in [0.717, 1.165) is 21.5 Å². The van der Waals surface area contributed by atoms with Crippen LogP contribution in [0.5, 0.6) is 0 Å². The highest BCUT2D eigenvalue weighted by atomic mass is 79.9. The number of benzene rings is 1. The van der Waals surface area contributed by atoms with E-state index in [0.29, 0.717) is 12.1 Å². The Morgan fingerprint density at radius 2 is 1.90 bits per heavy atom. The van der Waals surface area contributed by atoms with Crippen molar-refractivity contribution in [2.24, 2.45) is 0 Å². The van der Waals surface area contributed by atoms with Crippen LogP contribution in [0.25, 0.3) is 0 Å². The summed E-state index contributed by atoms with van der Waals surface area (Å²) in [7, 11) is 0. The Morgan fingerprint density at radius 1 is 1.15 bits per heavy atom. The van der Waals surface area contributed by atoms with E-state index >= 15 is 0 Å². The molecule has 0 radical (unpaired) electrons. The SMILES string of the molecule is Fc1ccc(CNCc2cc(Br)cs2)cc1C(F)(F)F. The molecule has 0 aliphatic heterocycles. The minimum absolute atomic E-state index is 0.249. The molecule has 0 bridgehead atoms. The predicted octanol–water partition coefficient (Wildman–Crippen LogP) is 4.96. The Bertz CT molecular complexity index is 594. The molecule has 0 atom stereocenters. The number of halogens is 5. The topological polar surface area (TPSA) is 12.0 Å². The maximum atomic E-state index is 13.1. The lowest BCUT2D eigenvalue weighted by Crippen LogP contribution is -2.14. The molecule has 0 aliphatic rings. The average Bonchev–Trinajstić information content (AvgIpc) is 2.76. The van der Waals surface area contributed by atoms with Crippen LogP contribution in [0.15, 0.2) is 34.1 Å². The molecule has 0 fully saturated rings. The lowest BCUT2D eigenvalue weighted by atomic mass is 10.1.